The first kappa shape index (κ1) is 7.18. The van der Waals surface area contributed by atoms with E-state index in [1.54, 1.807) is 0 Å². The van der Waals surface area contributed by atoms with Crippen LogP contribution in [0.5, 0.6) is 0 Å². The van der Waals surface area contributed by atoms with Crippen molar-refractivity contribution in [1.82, 2.24) is 0 Å². The third-order valence-corrected chi connectivity index (χ3v) is 2.63. The third-order valence-electron chi connectivity index (χ3n) is 1.50. The number of nitrogens with two attached hydrogens (primary N) is 1. The van der Waals surface area contributed by atoms with E-state index in [1.165, 1.54) is 0 Å². The van der Waals surface area contributed by atoms with Gasteiger partial charge < -0.3 is 4.74 Å². The van der Waals surface area contributed by atoms with E-state index in [0.717, 1.165) is 12.8 Å². The van der Waals surface area contributed by atoms with Crippen molar-refractivity contribution in [2.24, 2.45) is 5.14 Å². The highest BCUT2D eigenvalue weighted by atomic mass is 32.2. The Labute approximate surface area is 57.2 Å². The maximum atomic E-state index is 10.6. The van der Waals surface area contributed by atoms with Crippen molar-refractivity contribution < 1.29 is 8.95 Å². The molecule has 9 heavy (non-hydrogen) atoms. The zero-order valence-electron chi connectivity index (χ0n) is 5.21. The summed E-state index contributed by atoms with van der Waals surface area (Å²) in [5.74, 6) is 0. The molecule has 0 spiro atoms. The molecule has 0 amide bonds. The van der Waals surface area contributed by atoms with Gasteiger partial charge >= 0.3 is 0 Å². The van der Waals surface area contributed by atoms with Crippen LogP contribution in [0.3, 0.4) is 0 Å². The minimum atomic E-state index is -1.13. The molecule has 1 fully saturated rings. The predicted molar refractivity (Wildman–Crippen MR) is 36.2 cm³/mol. The minimum absolute atomic E-state index is 0.179. The van der Waals surface area contributed by atoms with E-state index in [0.29, 0.717) is 13.2 Å². The van der Waals surface area contributed by atoms with Gasteiger partial charge in [0.2, 0.25) is 0 Å². The first-order valence-corrected chi connectivity index (χ1v) is 4.31. The summed E-state index contributed by atoms with van der Waals surface area (Å²) in [5, 5.41) is 5.36. The van der Waals surface area contributed by atoms with Crippen LogP contribution in [0.4, 0.5) is 0 Å². The van der Waals surface area contributed by atoms with Crippen LogP contribution in [0.1, 0.15) is 12.8 Å². The molecular weight excluding hydrogens is 138 g/mol. The van der Waals surface area contributed by atoms with Crippen LogP contribution in [0.25, 0.3) is 0 Å². The van der Waals surface area contributed by atoms with Crippen LogP contribution in [0.2, 0.25) is 0 Å². The lowest BCUT2D eigenvalue weighted by Crippen LogP contribution is -2.28. The monoisotopic (exact) mass is 149 g/mol. The van der Waals surface area contributed by atoms with Gasteiger partial charge in [-0.25, -0.2) is 4.21 Å². The number of hydrogen-bond donors (Lipinski definition) is 1. The largest absolute Gasteiger partial charge is 0.381 e. The predicted octanol–water partition coefficient (Wildman–Crippen LogP) is -0.212. The summed E-state index contributed by atoms with van der Waals surface area (Å²) >= 11 is 0. The lowest BCUT2D eigenvalue weighted by Gasteiger charge is -2.18. The molecule has 0 bridgehead atoms. The molecule has 1 aliphatic rings. The van der Waals surface area contributed by atoms with Gasteiger partial charge in [-0.05, 0) is 12.8 Å². The fourth-order valence-electron chi connectivity index (χ4n) is 0.908. The van der Waals surface area contributed by atoms with Crippen molar-refractivity contribution in [3.63, 3.8) is 0 Å². The lowest BCUT2D eigenvalue weighted by molar-refractivity contribution is 0.0992. The van der Waals surface area contributed by atoms with Crippen LogP contribution in [0, 0.1) is 0 Å². The molecule has 54 valence electrons. The maximum Gasteiger partial charge on any atom is 0.0921 e. The van der Waals surface area contributed by atoms with Crippen molar-refractivity contribution in [2.45, 2.75) is 18.1 Å². The highest BCUT2D eigenvalue weighted by molar-refractivity contribution is 7.83. The molecule has 0 aromatic heterocycles. The van der Waals surface area contributed by atoms with E-state index in [2.05, 4.69) is 0 Å². The first-order chi connectivity index (χ1) is 4.30. The van der Waals surface area contributed by atoms with E-state index in [4.69, 9.17) is 9.88 Å². The Bertz CT molecular complexity index is 112. The van der Waals surface area contributed by atoms with E-state index in [-0.39, 0.29) is 5.25 Å². The van der Waals surface area contributed by atoms with Crippen LogP contribution in [-0.2, 0) is 15.7 Å². The summed E-state index contributed by atoms with van der Waals surface area (Å²) < 4.78 is 15.7. The van der Waals surface area contributed by atoms with Gasteiger partial charge in [-0.15, -0.1) is 0 Å². The highest BCUT2D eigenvalue weighted by Crippen LogP contribution is 2.09. The summed E-state index contributed by atoms with van der Waals surface area (Å²) in [6.45, 7) is 1.43. The Morgan fingerprint density at radius 1 is 1.44 bits per heavy atom. The molecule has 1 heterocycles. The molecule has 0 unspecified atom stereocenters. The smallest absolute Gasteiger partial charge is 0.0921 e. The van der Waals surface area contributed by atoms with E-state index >= 15 is 0 Å². The molecule has 0 saturated carbocycles. The fourth-order valence-corrected chi connectivity index (χ4v) is 1.57. The standard InChI is InChI=1S/C5H11NO2S/c6-9(7)5-1-3-8-4-2-5/h5H,1-4,6H2/t9-/m1/s1. The molecule has 0 aromatic rings. The number of ether oxygens (including phenoxy) is 1. The molecule has 0 aliphatic carbocycles. The normalized spacial score (nSPS) is 25.9. The molecule has 4 heteroatoms. The Balaban J connectivity index is 2.31. The van der Waals surface area contributed by atoms with Crippen molar-refractivity contribution >= 4 is 11.0 Å². The molecule has 1 saturated heterocycles. The SMILES string of the molecule is N[S@](=O)C1CCOCC1. The van der Waals surface area contributed by atoms with Crippen LogP contribution < -0.4 is 5.14 Å². The Morgan fingerprint density at radius 2 is 2.00 bits per heavy atom. The van der Waals surface area contributed by atoms with Gasteiger partial charge in [0.25, 0.3) is 0 Å². The molecule has 0 aromatic carbocycles. The maximum absolute atomic E-state index is 10.6. The molecule has 3 nitrogen and oxygen atoms in total. The molecule has 1 aliphatic heterocycles. The van der Waals surface area contributed by atoms with Gasteiger partial charge in [0.05, 0.1) is 16.2 Å². The molecule has 0 radical (unpaired) electrons. The first-order valence-electron chi connectivity index (χ1n) is 3.03. The van der Waals surface area contributed by atoms with E-state index in [9.17, 15) is 4.21 Å². The van der Waals surface area contributed by atoms with E-state index < -0.39 is 11.0 Å². The average molecular weight is 149 g/mol. The molecular formula is C5H11NO2S. The van der Waals surface area contributed by atoms with Crippen molar-refractivity contribution in [3.05, 3.63) is 0 Å². The topological polar surface area (TPSA) is 52.3 Å². The number of hydrogen-bond acceptors (Lipinski definition) is 2. The van der Waals surface area contributed by atoms with Gasteiger partial charge in [-0.1, -0.05) is 0 Å². The van der Waals surface area contributed by atoms with Crippen LogP contribution >= 0.6 is 0 Å². The Morgan fingerprint density at radius 3 is 2.33 bits per heavy atom. The minimum Gasteiger partial charge on any atom is -0.381 e. The molecule has 1 atom stereocenters. The van der Waals surface area contributed by atoms with Gasteiger partial charge in [0, 0.05) is 13.2 Å². The van der Waals surface area contributed by atoms with Gasteiger partial charge in [0.15, 0.2) is 0 Å². The summed E-state index contributed by atoms with van der Waals surface area (Å²) in [5.41, 5.74) is 0. The van der Waals surface area contributed by atoms with E-state index in [1.807, 2.05) is 0 Å². The third kappa shape index (κ3) is 2.04. The Kier molecular flexibility index (Phi) is 2.63. The second-order valence-electron chi connectivity index (χ2n) is 2.14. The summed E-state index contributed by atoms with van der Waals surface area (Å²) in [6, 6.07) is 0. The Hall–Kier alpha value is 0.0700. The van der Waals surface area contributed by atoms with Crippen LogP contribution in [-0.4, -0.2) is 22.7 Å². The lowest BCUT2D eigenvalue weighted by atomic mass is 10.2. The van der Waals surface area contributed by atoms with Gasteiger partial charge in [0.1, 0.15) is 0 Å². The van der Waals surface area contributed by atoms with Crippen molar-refractivity contribution in [3.8, 4) is 0 Å². The van der Waals surface area contributed by atoms with Crippen molar-refractivity contribution in [1.29, 1.82) is 0 Å². The zero-order valence-corrected chi connectivity index (χ0v) is 6.02. The summed E-state index contributed by atoms with van der Waals surface area (Å²) in [6.07, 6.45) is 1.70. The second kappa shape index (κ2) is 3.29. The quantitative estimate of drug-likeness (QED) is 0.560. The van der Waals surface area contributed by atoms with Gasteiger partial charge in [-0.3, -0.25) is 5.14 Å². The highest BCUT2D eigenvalue weighted by Gasteiger charge is 2.16. The van der Waals surface area contributed by atoms with Crippen molar-refractivity contribution in [2.75, 3.05) is 13.2 Å². The van der Waals surface area contributed by atoms with Gasteiger partial charge in [-0.2, -0.15) is 0 Å². The van der Waals surface area contributed by atoms with Crippen LogP contribution in [0.15, 0.2) is 0 Å². The number of rotatable bonds is 1. The average Bonchev–Trinajstić information content (AvgIpc) is 1.90. The molecule has 2 N–H and O–H groups in total. The fraction of sp³-hybridized carbons (Fsp3) is 1.00. The second-order valence-corrected chi connectivity index (χ2v) is 3.46. The molecule has 1 rings (SSSR count). The zero-order chi connectivity index (χ0) is 6.69. The summed E-state index contributed by atoms with van der Waals surface area (Å²) in [4.78, 5) is 0. The summed E-state index contributed by atoms with van der Waals surface area (Å²) in [7, 11) is -1.13.